The largest absolute Gasteiger partial charge is 0.493 e. The highest BCUT2D eigenvalue weighted by Crippen LogP contribution is 2.49. The van der Waals surface area contributed by atoms with Crippen LogP contribution in [0.4, 0.5) is 10.2 Å². The Kier molecular flexibility index (Phi) is 5.91. The lowest BCUT2D eigenvalue weighted by Gasteiger charge is -2.24. The van der Waals surface area contributed by atoms with E-state index in [0.29, 0.717) is 28.4 Å². The maximum atomic E-state index is 14.1. The average molecular weight is 442 g/mol. The molecule has 2 heterocycles. The summed E-state index contributed by atoms with van der Waals surface area (Å²) in [5.74, 6) is 1.31. The summed E-state index contributed by atoms with van der Waals surface area (Å²) in [5.41, 5.74) is 1.62. The van der Waals surface area contributed by atoms with Gasteiger partial charge in [0.1, 0.15) is 12.4 Å². The monoisotopic (exact) mass is 441 g/mol. The molecule has 31 heavy (non-hydrogen) atoms. The fourth-order valence-corrected chi connectivity index (χ4v) is 4.74. The van der Waals surface area contributed by atoms with Crippen molar-refractivity contribution < 1.29 is 13.9 Å². The van der Waals surface area contributed by atoms with Gasteiger partial charge in [0.05, 0.1) is 23.0 Å². The second-order valence-corrected chi connectivity index (χ2v) is 8.83. The minimum absolute atomic E-state index is 0.0424. The number of ether oxygens (including phenoxy) is 2. The number of fused-ring (bicyclic) bond motifs is 1. The summed E-state index contributed by atoms with van der Waals surface area (Å²) in [5, 5.41) is 3.42. The zero-order chi connectivity index (χ0) is 22.1. The number of nitrogens with one attached hydrogen (secondary N) is 1. The first-order chi connectivity index (χ1) is 14.9. The number of aliphatic imine (C=N–C) groups is 1. The molecule has 4 rings (SSSR count). The fourth-order valence-electron chi connectivity index (χ4n) is 3.62. The lowest BCUT2D eigenvalue weighted by molar-refractivity contribution is 0.277. The summed E-state index contributed by atoms with van der Waals surface area (Å²) >= 11 is 1.49. The maximum Gasteiger partial charge on any atom is 0.271 e. The van der Waals surface area contributed by atoms with Crippen LogP contribution in [0.1, 0.15) is 48.8 Å². The van der Waals surface area contributed by atoms with E-state index < -0.39 is 0 Å². The molecule has 0 saturated carbocycles. The van der Waals surface area contributed by atoms with E-state index in [2.05, 4.69) is 10.1 Å². The van der Waals surface area contributed by atoms with Gasteiger partial charge in [-0.2, -0.15) is 0 Å². The van der Waals surface area contributed by atoms with Crippen molar-refractivity contribution in [1.82, 2.24) is 9.78 Å². The Hall–Kier alpha value is -3.00. The zero-order valence-electron chi connectivity index (χ0n) is 17.8. The Balaban J connectivity index is 1.80. The first-order valence-electron chi connectivity index (χ1n) is 10.00. The van der Waals surface area contributed by atoms with Gasteiger partial charge in [0.25, 0.3) is 5.56 Å². The summed E-state index contributed by atoms with van der Waals surface area (Å²) in [7, 11) is 1.56. The molecule has 2 aromatic carbocycles. The third-order valence-electron chi connectivity index (χ3n) is 5.11. The number of nitrogens with zero attached hydrogens (tertiary/aromatic N) is 2. The summed E-state index contributed by atoms with van der Waals surface area (Å²) in [6.45, 7) is 5.95. The quantitative estimate of drug-likeness (QED) is 0.558. The highest BCUT2D eigenvalue weighted by atomic mass is 32.2. The number of rotatable bonds is 6. The van der Waals surface area contributed by atoms with Gasteiger partial charge in [-0.15, -0.1) is 0 Å². The summed E-state index contributed by atoms with van der Waals surface area (Å²) < 4.78 is 27.5. The van der Waals surface area contributed by atoms with Crippen LogP contribution in [0.2, 0.25) is 0 Å². The molecular weight excluding hydrogens is 417 g/mol. The molecule has 0 aliphatic carbocycles. The number of H-pyrrole nitrogens is 1. The molecule has 0 fully saturated rings. The Morgan fingerprint density at radius 1 is 1.23 bits per heavy atom. The molecule has 1 atom stereocenters. The van der Waals surface area contributed by atoms with Gasteiger partial charge < -0.3 is 9.47 Å². The first kappa shape index (κ1) is 21.2. The van der Waals surface area contributed by atoms with Crippen molar-refractivity contribution in [2.24, 2.45) is 4.99 Å². The molecule has 3 aromatic rings. The minimum Gasteiger partial charge on any atom is -0.493 e. The maximum absolute atomic E-state index is 14.1. The Labute approximate surface area is 184 Å². The molecule has 0 amide bonds. The number of thioether (sulfide) groups is 1. The van der Waals surface area contributed by atoms with Crippen LogP contribution in [0.25, 0.3) is 0 Å². The summed E-state index contributed by atoms with van der Waals surface area (Å²) in [6, 6.07) is 12.1. The first-order valence-corrected chi connectivity index (χ1v) is 10.9. The van der Waals surface area contributed by atoms with Crippen molar-refractivity contribution in [2.45, 2.75) is 38.7 Å². The number of hydrogen-bond donors (Lipinski definition) is 1. The second kappa shape index (κ2) is 8.63. The molecule has 1 N–H and O–H groups in total. The number of aromatic nitrogens is 2. The molecule has 6 nitrogen and oxygen atoms in total. The normalized spacial score (nSPS) is 15.5. The number of benzene rings is 2. The molecular formula is C23H24FN3O3S. The van der Waals surface area contributed by atoms with E-state index in [9.17, 15) is 9.18 Å². The molecule has 1 aliphatic rings. The Morgan fingerprint density at radius 3 is 2.71 bits per heavy atom. The van der Waals surface area contributed by atoms with E-state index in [1.54, 1.807) is 36.1 Å². The van der Waals surface area contributed by atoms with Gasteiger partial charge in [0, 0.05) is 17.2 Å². The molecule has 1 aliphatic heterocycles. The van der Waals surface area contributed by atoms with Crippen LogP contribution >= 0.6 is 11.8 Å². The summed E-state index contributed by atoms with van der Waals surface area (Å²) in [6.07, 6.45) is 0. The van der Waals surface area contributed by atoms with Crippen LogP contribution in [0.3, 0.4) is 0 Å². The van der Waals surface area contributed by atoms with E-state index in [4.69, 9.17) is 9.47 Å². The van der Waals surface area contributed by atoms with Gasteiger partial charge in [0.2, 0.25) is 0 Å². The van der Waals surface area contributed by atoms with Crippen molar-refractivity contribution in [1.29, 1.82) is 0 Å². The Bertz CT molecular complexity index is 1200. The van der Waals surface area contributed by atoms with Crippen molar-refractivity contribution in [3.8, 4) is 11.5 Å². The van der Waals surface area contributed by atoms with E-state index in [1.807, 2.05) is 32.9 Å². The highest BCUT2D eigenvalue weighted by molar-refractivity contribution is 8.14. The van der Waals surface area contributed by atoms with Gasteiger partial charge in [-0.1, -0.05) is 42.1 Å². The van der Waals surface area contributed by atoms with Gasteiger partial charge >= 0.3 is 0 Å². The van der Waals surface area contributed by atoms with Crippen LogP contribution in [0.5, 0.6) is 11.5 Å². The molecule has 0 saturated heterocycles. The van der Waals surface area contributed by atoms with Crippen LogP contribution in [0.15, 0.2) is 52.3 Å². The van der Waals surface area contributed by atoms with Crippen LogP contribution in [-0.4, -0.2) is 21.9 Å². The standard InChI is InChI=1S/C23H24FN3O3S/c1-13(2)27-22-19(23(28)26-27)21(31-14(3)25-22)16-9-7-11-18(29-4)20(16)30-12-15-8-5-6-10-17(15)24/h5-11,13,21H,12H2,1-4H3,(H,26,28)/t21-/m0/s1. The van der Waals surface area contributed by atoms with Crippen LogP contribution < -0.4 is 15.0 Å². The van der Waals surface area contributed by atoms with Gasteiger partial charge in [-0.25, -0.2) is 9.38 Å². The van der Waals surface area contributed by atoms with E-state index in [0.717, 1.165) is 10.6 Å². The van der Waals surface area contributed by atoms with Crippen molar-refractivity contribution in [3.05, 3.63) is 75.3 Å². The number of methoxy groups -OCH3 is 1. The second-order valence-electron chi connectivity index (χ2n) is 7.53. The third kappa shape index (κ3) is 3.99. The predicted octanol–water partition coefficient (Wildman–Crippen LogP) is 5.37. The van der Waals surface area contributed by atoms with Crippen LogP contribution in [-0.2, 0) is 6.61 Å². The van der Waals surface area contributed by atoms with Crippen molar-refractivity contribution >= 4 is 22.6 Å². The molecule has 1 aromatic heterocycles. The van der Waals surface area contributed by atoms with Gasteiger partial charge in [-0.3, -0.25) is 14.6 Å². The number of aromatic amines is 1. The van der Waals surface area contributed by atoms with Gasteiger partial charge in [-0.05, 0) is 32.9 Å². The topological polar surface area (TPSA) is 68.6 Å². The number of para-hydroxylation sites is 1. The molecule has 162 valence electrons. The fraction of sp³-hybridized carbons (Fsp3) is 0.304. The van der Waals surface area contributed by atoms with E-state index in [-0.39, 0.29) is 29.3 Å². The SMILES string of the molecule is COc1cccc([C@@H]2SC(C)=Nc3c2c(=O)[nH]n3C(C)C)c1OCc1ccccc1F. The van der Waals surface area contributed by atoms with Crippen molar-refractivity contribution in [2.75, 3.05) is 7.11 Å². The molecule has 0 radical (unpaired) electrons. The minimum atomic E-state index is -0.332. The highest BCUT2D eigenvalue weighted by Gasteiger charge is 2.33. The molecule has 8 heteroatoms. The van der Waals surface area contributed by atoms with Crippen molar-refractivity contribution in [3.63, 3.8) is 0 Å². The number of halogens is 1. The lowest BCUT2D eigenvalue weighted by Crippen LogP contribution is -2.15. The van der Waals surface area contributed by atoms with E-state index >= 15 is 0 Å². The average Bonchev–Trinajstić information content (AvgIpc) is 3.09. The Morgan fingerprint density at radius 2 is 2.00 bits per heavy atom. The van der Waals surface area contributed by atoms with Crippen LogP contribution in [0, 0.1) is 5.82 Å². The van der Waals surface area contributed by atoms with E-state index in [1.165, 1.54) is 17.8 Å². The zero-order valence-corrected chi connectivity index (χ0v) is 18.6. The predicted molar refractivity (Wildman–Crippen MR) is 121 cm³/mol. The number of hydrogen-bond acceptors (Lipinski definition) is 5. The van der Waals surface area contributed by atoms with Gasteiger partial charge in [0.15, 0.2) is 17.3 Å². The lowest BCUT2D eigenvalue weighted by atomic mass is 10.0. The third-order valence-corrected chi connectivity index (χ3v) is 6.27. The molecule has 0 spiro atoms. The molecule has 0 unspecified atom stereocenters. The molecule has 0 bridgehead atoms. The summed E-state index contributed by atoms with van der Waals surface area (Å²) in [4.78, 5) is 17.5. The smallest absolute Gasteiger partial charge is 0.271 e.